The third-order valence-corrected chi connectivity index (χ3v) is 7.91. The zero-order valence-electron chi connectivity index (χ0n) is 29.3. The van der Waals surface area contributed by atoms with Crippen LogP contribution in [0.5, 0.6) is 0 Å². The summed E-state index contributed by atoms with van der Waals surface area (Å²) in [7, 11) is 4.96. The second-order valence-electron chi connectivity index (χ2n) is 10.7. The van der Waals surface area contributed by atoms with Crippen LogP contribution in [0.4, 0.5) is 0 Å². The summed E-state index contributed by atoms with van der Waals surface area (Å²) < 4.78 is 40.0. The third-order valence-electron chi connectivity index (χ3n) is 7.59. The van der Waals surface area contributed by atoms with E-state index in [1.54, 1.807) is 21.3 Å². The minimum Gasteiger partial charge on any atom is -0.370 e. The molecule has 0 fully saturated rings. The molecule has 0 saturated heterocycles. The molecule has 7 nitrogen and oxygen atoms in total. The van der Waals surface area contributed by atoms with Gasteiger partial charge < -0.3 is 33.2 Å². The molecule has 0 bridgehead atoms. The van der Waals surface area contributed by atoms with Gasteiger partial charge in [-0.05, 0) is 59.1 Å². The van der Waals surface area contributed by atoms with Crippen molar-refractivity contribution in [2.24, 2.45) is 5.92 Å². The molecule has 0 amide bonds. The number of methoxy groups -OCH3 is 3. The van der Waals surface area contributed by atoms with E-state index in [9.17, 15) is 0 Å². The van der Waals surface area contributed by atoms with Crippen LogP contribution >= 0.6 is 12.6 Å². The maximum absolute atomic E-state index is 5.92. The van der Waals surface area contributed by atoms with Crippen LogP contribution in [0.15, 0.2) is 0 Å². The fraction of sp³-hybridized carbons (Fsp3) is 1.00. The highest BCUT2D eigenvalue weighted by atomic mass is 32.1. The van der Waals surface area contributed by atoms with Crippen LogP contribution in [0.1, 0.15) is 144 Å². The van der Waals surface area contributed by atoms with Gasteiger partial charge in [0.15, 0.2) is 0 Å². The first kappa shape index (κ1) is 44.2. The van der Waals surface area contributed by atoms with E-state index in [-0.39, 0.29) is 12.0 Å². The average Bonchev–Trinajstić information content (AvgIpc) is 3.00. The van der Waals surface area contributed by atoms with Crippen molar-refractivity contribution in [3.8, 4) is 0 Å². The second-order valence-corrected chi connectivity index (χ2v) is 11.2. The summed E-state index contributed by atoms with van der Waals surface area (Å²) in [5, 5.41) is 0. The van der Waals surface area contributed by atoms with E-state index in [0.717, 1.165) is 37.9 Å². The summed E-state index contributed by atoms with van der Waals surface area (Å²) in [5.74, 6) is -0.801. The Hall–Kier alpha value is 0.0700. The largest absolute Gasteiger partial charge is 0.370 e. The van der Waals surface area contributed by atoms with Crippen LogP contribution in [-0.4, -0.2) is 71.6 Å². The Kier molecular flexibility index (Phi) is 32.7. The lowest BCUT2D eigenvalue weighted by Crippen LogP contribution is -2.51. The molecule has 256 valence electrons. The lowest BCUT2D eigenvalue weighted by Gasteiger charge is -2.38. The Labute approximate surface area is 267 Å². The first-order valence-corrected chi connectivity index (χ1v) is 17.8. The predicted octanol–water partition coefficient (Wildman–Crippen LogP) is 9.56. The van der Waals surface area contributed by atoms with Gasteiger partial charge in [0.2, 0.25) is 0 Å². The highest BCUT2D eigenvalue weighted by molar-refractivity contribution is 7.80. The van der Waals surface area contributed by atoms with Gasteiger partial charge in [0.25, 0.3) is 5.97 Å². The Balaban J connectivity index is 0. The molecule has 0 aromatic rings. The summed E-state index contributed by atoms with van der Waals surface area (Å²) in [6.07, 6.45) is 19.3. The molecule has 0 heterocycles. The molecule has 0 radical (unpaired) electrons. The molecule has 0 aromatic carbocycles. The SMILES string of the molecule is CCCCCCCCC(CCCS)C(OC)(OC)OC.CCCCCCCCC(OCC)C(OCC)(OCC)OCC. The first-order chi connectivity index (χ1) is 20.4. The highest BCUT2D eigenvalue weighted by Gasteiger charge is 2.43. The molecule has 2 unspecified atom stereocenters. The maximum atomic E-state index is 5.92. The molecule has 0 N–H and O–H groups in total. The average molecular weight is 625 g/mol. The van der Waals surface area contributed by atoms with Crippen LogP contribution in [0.3, 0.4) is 0 Å². The van der Waals surface area contributed by atoms with E-state index in [4.69, 9.17) is 33.2 Å². The normalized spacial score (nSPS) is 13.6. The molecule has 0 aliphatic rings. The lowest BCUT2D eigenvalue weighted by molar-refractivity contribution is -0.415. The number of unbranched alkanes of at least 4 members (excludes halogenated alkanes) is 10. The molecule has 8 heteroatoms. The van der Waals surface area contributed by atoms with Crippen molar-refractivity contribution in [1.29, 1.82) is 0 Å². The fourth-order valence-electron chi connectivity index (χ4n) is 5.44. The van der Waals surface area contributed by atoms with E-state index in [2.05, 4.69) is 26.5 Å². The minimum atomic E-state index is -1.06. The van der Waals surface area contributed by atoms with Crippen molar-refractivity contribution < 1.29 is 33.2 Å². The minimum absolute atomic E-state index is 0.177. The van der Waals surface area contributed by atoms with E-state index in [1.165, 1.54) is 70.6 Å². The summed E-state index contributed by atoms with van der Waals surface area (Å²) in [6.45, 7) is 14.6. The Morgan fingerprint density at radius 2 is 0.881 bits per heavy atom. The smallest absolute Gasteiger partial charge is 0.310 e. The number of ether oxygens (including phenoxy) is 7. The van der Waals surface area contributed by atoms with Crippen LogP contribution in [-0.2, 0) is 33.2 Å². The monoisotopic (exact) mass is 624 g/mol. The second kappa shape index (κ2) is 31.1. The Bertz CT molecular complexity index is 509. The van der Waals surface area contributed by atoms with E-state index in [1.807, 2.05) is 27.7 Å². The van der Waals surface area contributed by atoms with Gasteiger partial charge in [-0.2, -0.15) is 12.6 Å². The topological polar surface area (TPSA) is 64.6 Å². The van der Waals surface area contributed by atoms with Crippen molar-refractivity contribution in [2.45, 2.75) is 162 Å². The molecule has 0 rings (SSSR count). The number of hydrogen-bond acceptors (Lipinski definition) is 8. The van der Waals surface area contributed by atoms with Gasteiger partial charge in [0.05, 0.1) is 0 Å². The van der Waals surface area contributed by atoms with E-state index < -0.39 is 11.9 Å². The molecular formula is C34H72O7S. The van der Waals surface area contributed by atoms with Crippen molar-refractivity contribution >= 4 is 12.6 Å². The van der Waals surface area contributed by atoms with Gasteiger partial charge >= 0.3 is 5.97 Å². The molecule has 0 spiro atoms. The van der Waals surface area contributed by atoms with Crippen molar-refractivity contribution in [1.82, 2.24) is 0 Å². The molecule has 42 heavy (non-hydrogen) atoms. The molecule has 0 aliphatic heterocycles. The summed E-state index contributed by atoms with van der Waals surface area (Å²) >= 11 is 4.30. The molecule has 0 aromatic heterocycles. The third kappa shape index (κ3) is 19.5. The van der Waals surface area contributed by atoms with Crippen molar-refractivity contribution in [3.05, 3.63) is 0 Å². The summed E-state index contributed by atoms with van der Waals surface area (Å²) in [6, 6.07) is 0. The standard InChI is InChI=1S/C18H38O4.C16H34O3S/c1-6-11-12-13-14-15-16-17(19-7-2)18(20-8-3,21-9-4)22-10-5;1-5-6-7-8-9-10-12-15(13-11-14-20)16(17-2,18-3)19-4/h17H,6-16H2,1-5H3;15,20H,5-14H2,1-4H3. The van der Waals surface area contributed by atoms with Crippen LogP contribution < -0.4 is 0 Å². The molecule has 2 atom stereocenters. The van der Waals surface area contributed by atoms with Gasteiger partial charge in [-0.3, -0.25) is 0 Å². The van der Waals surface area contributed by atoms with Gasteiger partial charge in [-0.15, -0.1) is 0 Å². The Morgan fingerprint density at radius 3 is 1.26 bits per heavy atom. The highest BCUT2D eigenvalue weighted by Crippen LogP contribution is 2.32. The number of rotatable bonds is 30. The Morgan fingerprint density at radius 1 is 0.476 bits per heavy atom. The number of thiol groups is 1. The van der Waals surface area contributed by atoms with Gasteiger partial charge in [-0.25, -0.2) is 0 Å². The van der Waals surface area contributed by atoms with Gasteiger partial charge in [0, 0.05) is 53.7 Å². The molecular weight excluding hydrogens is 552 g/mol. The predicted molar refractivity (Wildman–Crippen MR) is 179 cm³/mol. The van der Waals surface area contributed by atoms with Gasteiger partial charge in [-0.1, -0.05) is 90.9 Å². The van der Waals surface area contributed by atoms with Gasteiger partial charge in [0.1, 0.15) is 6.10 Å². The van der Waals surface area contributed by atoms with Crippen molar-refractivity contribution in [3.63, 3.8) is 0 Å². The van der Waals surface area contributed by atoms with E-state index in [0.29, 0.717) is 26.4 Å². The zero-order chi connectivity index (χ0) is 32.0. The summed E-state index contributed by atoms with van der Waals surface area (Å²) in [4.78, 5) is 0. The lowest BCUT2D eigenvalue weighted by atomic mass is 9.93. The summed E-state index contributed by atoms with van der Waals surface area (Å²) in [5.41, 5.74) is 0. The first-order valence-electron chi connectivity index (χ1n) is 17.2. The molecule has 0 aliphatic carbocycles. The molecule has 0 saturated carbocycles. The fourth-order valence-corrected chi connectivity index (χ4v) is 5.62. The van der Waals surface area contributed by atoms with Crippen LogP contribution in [0, 0.1) is 5.92 Å². The van der Waals surface area contributed by atoms with Crippen LogP contribution in [0.25, 0.3) is 0 Å². The zero-order valence-corrected chi connectivity index (χ0v) is 30.2. The number of hydrogen-bond donors (Lipinski definition) is 1. The van der Waals surface area contributed by atoms with Crippen LogP contribution in [0.2, 0.25) is 0 Å². The van der Waals surface area contributed by atoms with E-state index >= 15 is 0 Å². The maximum Gasteiger partial charge on any atom is 0.310 e. The van der Waals surface area contributed by atoms with Crippen molar-refractivity contribution in [2.75, 3.05) is 53.5 Å². The quantitative estimate of drug-likeness (QED) is 0.0485.